The molecule has 6 nitrogen and oxygen atoms in total. The first-order valence-corrected chi connectivity index (χ1v) is 5.18. The lowest BCUT2D eigenvalue weighted by molar-refractivity contribution is -0.141. The van der Waals surface area contributed by atoms with Gasteiger partial charge in [0.15, 0.2) is 0 Å². The van der Waals surface area contributed by atoms with E-state index < -0.39 is 5.97 Å². The molecule has 0 aromatic heterocycles. The van der Waals surface area contributed by atoms with Gasteiger partial charge in [0.05, 0.1) is 19.3 Å². The highest BCUT2D eigenvalue weighted by Crippen LogP contribution is 1.96. The van der Waals surface area contributed by atoms with E-state index in [9.17, 15) is 9.59 Å². The Hall–Kier alpha value is -1.30. The van der Waals surface area contributed by atoms with Gasteiger partial charge < -0.3 is 19.7 Å². The summed E-state index contributed by atoms with van der Waals surface area (Å²) in [5, 5.41) is 2.46. The number of hydrogen-bond donors (Lipinski definition) is 1. The molecule has 94 valence electrons. The Balaban J connectivity index is 3.91. The second-order valence-electron chi connectivity index (χ2n) is 3.38. The van der Waals surface area contributed by atoms with Crippen LogP contribution in [0.5, 0.6) is 0 Å². The van der Waals surface area contributed by atoms with Gasteiger partial charge in [-0.25, -0.2) is 4.79 Å². The number of rotatable bonds is 6. The van der Waals surface area contributed by atoms with Crippen LogP contribution in [0.15, 0.2) is 0 Å². The van der Waals surface area contributed by atoms with Crippen molar-refractivity contribution in [1.82, 2.24) is 10.2 Å². The van der Waals surface area contributed by atoms with Gasteiger partial charge in [-0.2, -0.15) is 0 Å². The summed E-state index contributed by atoms with van der Waals surface area (Å²) in [5.41, 5.74) is 0. The first-order valence-electron chi connectivity index (χ1n) is 5.18. The smallest absolute Gasteiger partial charge is 0.325 e. The highest BCUT2D eigenvalue weighted by molar-refractivity contribution is 5.80. The van der Waals surface area contributed by atoms with Crippen molar-refractivity contribution < 1.29 is 19.1 Å². The van der Waals surface area contributed by atoms with Gasteiger partial charge in [0, 0.05) is 14.2 Å². The maximum Gasteiger partial charge on any atom is 0.325 e. The van der Waals surface area contributed by atoms with Crippen LogP contribution in [0.3, 0.4) is 0 Å². The molecule has 16 heavy (non-hydrogen) atoms. The zero-order chi connectivity index (χ0) is 12.6. The van der Waals surface area contributed by atoms with Crippen LogP contribution in [-0.4, -0.2) is 56.9 Å². The fourth-order valence-corrected chi connectivity index (χ4v) is 1.04. The molecule has 0 aliphatic carbocycles. The zero-order valence-corrected chi connectivity index (χ0v) is 10.3. The molecule has 2 amide bonds. The van der Waals surface area contributed by atoms with Gasteiger partial charge in [0.25, 0.3) is 0 Å². The highest BCUT2D eigenvalue weighted by Gasteiger charge is 2.15. The number of urea groups is 1. The molecule has 0 heterocycles. The molecule has 1 unspecified atom stereocenters. The van der Waals surface area contributed by atoms with Crippen molar-refractivity contribution in [2.75, 3.05) is 33.9 Å². The summed E-state index contributed by atoms with van der Waals surface area (Å²) in [5.74, 6) is -0.441. The van der Waals surface area contributed by atoms with Crippen molar-refractivity contribution in [2.45, 2.75) is 19.9 Å². The molecule has 0 aromatic carbocycles. The largest absolute Gasteiger partial charge is 0.465 e. The molecule has 0 saturated carbocycles. The third kappa shape index (κ3) is 5.55. The van der Waals surface area contributed by atoms with E-state index in [4.69, 9.17) is 4.74 Å². The number of amides is 2. The van der Waals surface area contributed by atoms with Gasteiger partial charge >= 0.3 is 12.0 Å². The number of methoxy groups -OCH3 is 1. The van der Waals surface area contributed by atoms with Gasteiger partial charge in [0.2, 0.25) is 0 Å². The molecule has 0 aliphatic heterocycles. The Kier molecular flexibility index (Phi) is 7.28. The van der Waals surface area contributed by atoms with Gasteiger partial charge in [-0.05, 0) is 13.8 Å². The molecule has 0 saturated heterocycles. The predicted molar refractivity (Wildman–Crippen MR) is 59.1 cm³/mol. The fourth-order valence-electron chi connectivity index (χ4n) is 1.04. The minimum Gasteiger partial charge on any atom is -0.465 e. The Morgan fingerprint density at radius 1 is 1.44 bits per heavy atom. The van der Waals surface area contributed by atoms with Crippen molar-refractivity contribution in [1.29, 1.82) is 0 Å². The lowest BCUT2D eigenvalue weighted by Crippen LogP contribution is -2.45. The summed E-state index contributed by atoms with van der Waals surface area (Å²) in [4.78, 5) is 24.0. The van der Waals surface area contributed by atoms with E-state index in [0.717, 1.165) is 0 Å². The van der Waals surface area contributed by atoms with Crippen molar-refractivity contribution in [2.24, 2.45) is 0 Å². The number of esters is 1. The molecule has 0 fully saturated rings. The van der Waals surface area contributed by atoms with Gasteiger partial charge in [-0.1, -0.05) is 0 Å². The quantitative estimate of drug-likeness (QED) is 0.665. The molecule has 6 heteroatoms. The molecule has 0 rings (SSSR count). The standard InChI is InChI=1S/C10H20N2O4/c1-5-16-9(13)6-11-10(14)12(3)8(2)7-15-4/h8H,5-7H2,1-4H3,(H,11,14). The lowest BCUT2D eigenvalue weighted by atomic mass is 10.3. The molecule has 0 bridgehead atoms. The maximum atomic E-state index is 11.5. The number of ether oxygens (including phenoxy) is 2. The molecule has 1 atom stereocenters. The van der Waals surface area contributed by atoms with Crippen LogP contribution in [-0.2, 0) is 14.3 Å². The summed E-state index contributed by atoms with van der Waals surface area (Å²) in [6.07, 6.45) is 0. The van der Waals surface area contributed by atoms with E-state index in [1.54, 1.807) is 21.1 Å². The van der Waals surface area contributed by atoms with E-state index in [1.165, 1.54) is 4.90 Å². The number of hydrogen-bond acceptors (Lipinski definition) is 4. The average Bonchev–Trinajstić information content (AvgIpc) is 2.25. The molecule has 1 N–H and O–H groups in total. The van der Waals surface area contributed by atoms with Crippen LogP contribution >= 0.6 is 0 Å². The topological polar surface area (TPSA) is 67.9 Å². The summed E-state index contributed by atoms with van der Waals surface area (Å²) >= 11 is 0. The molecule has 0 aliphatic rings. The summed E-state index contributed by atoms with van der Waals surface area (Å²) in [7, 11) is 3.21. The average molecular weight is 232 g/mol. The van der Waals surface area contributed by atoms with Gasteiger partial charge in [0.1, 0.15) is 6.54 Å². The monoisotopic (exact) mass is 232 g/mol. The first kappa shape index (κ1) is 14.7. The minimum absolute atomic E-state index is 0.0489. The predicted octanol–water partition coefficient (Wildman–Crippen LogP) is 0.226. The second kappa shape index (κ2) is 7.92. The zero-order valence-electron chi connectivity index (χ0n) is 10.3. The fraction of sp³-hybridized carbons (Fsp3) is 0.800. The molecule has 0 radical (unpaired) electrons. The van der Waals surface area contributed by atoms with Crippen LogP contribution in [0.4, 0.5) is 4.79 Å². The van der Waals surface area contributed by atoms with Crippen LogP contribution in [0.2, 0.25) is 0 Å². The van der Waals surface area contributed by atoms with Crippen LogP contribution in [0.1, 0.15) is 13.8 Å². The van der Waals surface area contributed by atoms with Gasteiger partial charge in [-0.15, -0.1) is 0 Å². The Morgan fingerprint density at radius 3 is 2.56 bits per heavy atom. The lowest BCUT2D eigenvalue weighted by Gasteiger charge is -2.24. The van der Waals surface area contributed by atoms with E-state index in [0.29, 0.717) is 13.2 Å². The Labute approximate surface area is 95.9 Å². The number of nitrogens with one attached hydrogen (secondary N) is 1. The maximum absolute atomic E-state index is 11.5. The molecular formula is C10H20N2O4. The summed E-state index contributed by atoms with van der Waals surface area (Å²) in [6, 6.07) is -0.371. The van der Waals surface area contributed by atoms with E-state index in [1.807, 2.05) is 6.92 Å². The van der Waals surface area contributed by atoms with E-state index >= 15 is 0 Å². The SMILES string of the molecule is CCOC(=O)CNC(=O)N(C)C(C)COC. The van der Waals surface area contributed by atoms with Crippen molar-refractivity contribution in [3.63, 3.8) is 0 Å². The Morgan fingerprint density at radius 2 is 2.06 bits per heavy atom. The molecule has 0 aromatic rings. The summed E-state index contributed by atoms with van der Waals surface area (Å²) in [6.45, 7) is 4.21. The Bertz CT molecular complexity index is 233. The number of carbonyl (C=O) groups excluding carboxylic acids is 2. The second-order valence-corrected chi connectivity index (χ2v) is 3.38. The van der Waals surface area contributed by atoms with Crippen LogP contribution in [0, 0.1) is 0 Å². The van der Waals surface area contributed by atoms with Crippen molar-refractivity contribution >= 4 is 12.0 Å². The third-order valence-corrected chi connectivity index (χ3v) is 2.08. The van der Waals surface area contributed by atoms with Crippen LogP contribution in [0.25, 0.3) is 0 Å². The highest BCUT2D eigenvalue weighted by atomic mass is 16.5. The van der Waals surface area contributed by atoms with E-state index in [2.05, 4.69) is 10.1 Å². The first-order chi connectivity index (χ1) is 7.52. The van der Waals surface area contributed by atoms with Crippen molar-refractivity contribution in [3.8, 4) is 0 Å². The number of likely N-dealkylation sites (N-methyl/N-ethyl adjacent to an activating group) is 1. The molecule has 0 spiro atoms. The molecular weight excluding hydrogens is 212 g/mol. The van der Waals surface area contributed by atoms with Crippen molar-refractivity contribution in [3.05, 3.63) is 0 Å². The summed E-state index contributed by atoms with van der Waals surface area (Å²) < 4.78 is 9.61. The normalized spacial score (nSPS) is 11.8. The van der Waals surface area contributed by atoms with Crippen LogP contribution < -0.4 is 5.32 Å². The number of carbonyl (C=O) groups is 2. The third-order valence-electron chi connectivity index (χ3n) is 2.08. The number of nitrogens with zero attached hydrogens (tertiary/aromatic N) is 1. The van der Waals surface area contributed by atoms with E-state index in [-0.39, 0.29) is 18.6 Å². The van der Waals surface area contributed by atoms with Gasteiger partial charge in [-0.3, -0.25) is 4.79 Å². The minimum atomic E-state index is -0.441.